The Morgan fingerprint density at radius 2 is 1.50 bits per heavy atom. The van der Waals surface area contributed by atoms with Gasteiger partial charge in [0.15, 0.2) is 0 Å². The average Bonchev–Trinajstić information content (AvgIpc) is 2.27. The van der Waals surface area contributed by atoms with Gasteiger partial charge in [-0.15, -0.1) is 0 Å². The summed E-state index contributed by atoms with van der Waals surface area (Å²) in [6, 6.07) is 9.61. The summed E-state index contributed by atoms with van der Waals surface area (Å²) in [5.41, 5.74) is 12.9. The van der Waals surface area contributed by atoms with Crippen molar-refractivity contribution in [3.05, 3.63) is 36.4 Å². The Morgan fingerprint density at radius 1 is 0.812 bits per heavy atom. The van der Waals surface area contributed by atoms with Crippen LogP contribution in [-0.2, 0) is 0 Å². The molecule has 4 heteroatoms. The highest BCUT2D eigenvalue weighted by Gasteiger charge is 2.13. The Bertz CT molecular complexity index is 539. The van der Waals surface area contributed by atoms with Crippen molar-refractivity contribution in [3.63, 3.8) is 0 Å². The third-order valence-corrected chi connectivity index (χ3v) is 2.43. The minimum absolute atomic E-state index is 0.00630. The Balaban J connectivity index is 2.74. The van der Waals surface area contributed by atoms with Crippen molar-refractivity contribution in [2.45, 2.75) is 0 Å². The molecule has 0 unspecified atom stereocenters. The number of anilines is 2. The molecule has 16 heavy (non-hydrogen) atoms. The van der Waals surface area contributed by atoms with Crippen LogP contribution in [0.5, 0.6) is 11.5 Å². The summed E-state index contributed by atoms with van der Waals surface area (Å²) in [6.07, 6.45) is 0. The van der Waals surface area contributed by atoms with Crippen LogP contribution in [-0.4, -0.2) is 10.2 Å². The third kappa shape index (κ3) is 1.50. The predicted molar refractivity (Wildman–Crippen MR) is 64.0 cm³/mol. The molecule has 0 radical (unpaired) electrons. The molecule has 0 fully saturated rings. The van der Waals surface area contributed by atoms with Crippen LogP contribution in [0.4, 0.5) is 11.4 Å². The van der Waals surface area contributed by atoms with E-state index in [1.807, 2.05) is 0 Å². The highest BCUT2D eigenvalue weighted by atomic mass is 16.3. The number of phenols is 2. The van der Waals surface area contributed by atoms with Crippen molar-refractivity contribution >= 4 is 11.4 Å². The molecule has 6 N–H and O–H groups in total. The molecule has 82 valence electrons. The molecular formula is C12H12N2O2. The van der Waals surface area contributed by atoms with Gasteiger partial charge in [0.05, 0.1) is 16.9 Å². The van der Waals surface area contributed by atoms with Gasteiger partial charge in [-0.2, -0.15) is 0 Å². The minimum atomic E-state index is -0.00630. The van der Waals surface area contributed by atoms with E-state index in [-0.39, 0.29) is 17.2 Å². The topological polar surface area (TPSA) is 92.5 Å². The number of rotatable bonds is 1. The zero-order valence-electron chi connectivity index (χ0n) is 8.51. The average molecular weight is 216 g/mol. The number of aromatic hydroxyl groups is 2. The SMILES string of the molecule is Nc1ccc(O)c(-c2ccccc2O)c1N. The fourth-order valence-electron chi connectivity index (χ4n) is 1.59. The Labute approximate surface area is 92.8 Å². The lowest BCUT2D eigenvalue weighted by Crippen LogP contribution is -1.97. The number of hydrogen-bond donors (Lipinski definition) is 4. The van der Waals surface area contributed by atoms with E-state index in [0.29, 0.717) is 16.8 Å². The normalized spacial score (nSPS) is 10.2. The van der Waals surface area contributed by atoms with E-state index >= 15 is 0 Å². The van der Waals surface area contributed by atoms with E-state index in [9.17, 15) is 10.2 Å². The van der Waals surface area contributed by atoms with Crippen molar-refractivity contribution < 1.29 is 10.2 Å². The van der Waals surface area contributed by atoms with Gasteiger partial charge in [-0.25, -0.2) is 0 Å². The van der Waals surface area contributed by atoms with Gasteiger partial charge in [-0.05, 0) is 18.2 Å². The van der Waals surface area contributed by atoms with Crippen molar-refractivity contribution in [2.75, 3.05) is 11.5 Å². The third-order valence-electron chi connectivity index (χ3n) is 2.43. The first-order valence-corrected chi connectivity index (χ1v) is 4.76. The number of nitrogens with two attached hydrogens (primary N) is 2. The van der Waals surface area contributed by atoms with Gasteiger partial charge in [0.2, 0.25) is 0 Å². The molecule has 0 spiro atoms. The van der Waals surface area contributed by atoms with Crippen LogP contribution in [0.25, 0.3) is 11.1 Å². The van der Waals surface area contributed by atoms with Gasteiger partial charge in [-0.3, -0.25) is 0 Å². The van der Waals surface area contributed by atoms with Crippen molar-refractivity contribution in [3.8, 4) is 22.6 Å². The van der Waals surface area contributed by atoms with Gasteiger partial charge in [0.25, 0.3) is 0 Å². The second-order valence-electron chi connectivity index (χ2n) is 3.48. The van der Waals surface area contributed by atoms with Gasteiger partial charge >= 0.3 is 0 Å². The van der Waals surface area contributed by atoms with Crippen LogP contribution in [0.15, 0.2) is 36.4 Å². The molecule has 0 saturated carbocycles. The van der Waals surface area contributed by atoms with Crippen LogP contribution >= 0.6 is 0 Å². The first-order chi connectivity index (χ1) is 7.61. The largest absolute Gasteiger partial charge is 0.507 e. The zero-order valence-corrected chi connectivity index (χ0v) is 8.51. The highest BCUT2D eigenvalue weighted by molar-refractivity contribution is 5.90. The molecule has 0 aliphatic heterocycles. The van der Waals surface area contributed by atoms with Gasteiger partial charge in [0, 0.05) is 5.56 Å². The molecular weight excluding hydrogens is 204 g/mol. The highest BCUT2D eigenvalue weighted by Crippen LogP contribution is 2.41. The van der Waals surface area contributed by atoms with E-state index in [0.717, 1.165) is 0 Å². The summed E-state index contributed by atoms with van der Waals surface area (Å²) in [7, 11) is 0. The quantitative estimate of drug-likeness (QED) is 0.433. The lowest BCUT2D eigenvalue weighted by Gasteiger charge is -2.11. The maximum atomic E-state index is 9.75. The minimum Gasteiger partial charge on any atom is -0.507 e. The summed E-state index contributed by atoms with van der Waals surface area (Å²) in [6.45, 7) is 0. The molecule has 2 rings (SSSR count). The molecule has 0 saturated heterocycles. The lowest BCUT2D eigenvalue weighted by molar-refractivity contribution is 0.469. The molecule has 0 bridgehead atoms. The summed E-state index contributed by atoms with van der Waals surface area (Å²) in [5.74, 6) is 0.0447. The number of nitrogen functional groups attached to an aromatic ring is 2. The van der Waals surface area contributed by atoms with Gasteiger partial charge in [-0.1, -0.05) is 18.2 Å². The molecule has 0 aliphatic rings. The Kier molecular flexibility index (Phi) is 2.32. The summed E-state index contributed by atoms with van der Waals surface area (Å²) in [4.78, 5) is 0. The fourth-order valence-corrected chi connectivity index (χ4v) is 1.59. The lowest BCUT2D eigenvalue weighted by atomic mass is 10.0. The first-order valence-electron chi connectivity index (χ1n) is 4.76. The monoisotopic (exact) mass is 216 g/mol. The van der Waals surface area contributed by atoms with Crippen LogP contribution < -0.4 is 11.5 Å². The molecule has 2 aromatic rings. The van der Waals surface area contributed by atoms with E-state index in [1.165, 1.54) is 18.2 Å². The maximum absolute atomic E-state index is 9.75. The number of benzene rings is 2. The van der Waals surface area contributed by atoms with Crippen LogP contribution in [0.3, 0.4) is 0 Å². The number of para-hydroxylation sites is 1. The van der Waals surface area contributed by atoms with Crippen LogP contribution in [0.2, 0.25) is 0 Å². The van der Waals surface area contributed by atoms with Crippen molar-refractivity contribution in [1.82, 2.24) is 0 Å². The zero-order chi connectivity index (χ0) is 11.7. The van der Waals surface area contributed by atoms with E-state index in [2.05, 4.69) is 0 Å². The predicted octanol–water partition coefficient (Wildman–Crippen LogP) is 1.93. The maximum Gasteiger partial charge on any atom is 0.125 e. The smallest absolute Gasteiger partial charge is 0.125 e. The second-order valence-corrected chi connectivity index (χ2v) is 3.48. The van der Waals surface area contributed by atoms with E-state index in [4.69, 9.17) is 11.5 Å². The van der Waals surface area contributed by atoms with Crippen LogP contribution in [0.1, 0.15) is 0 Å². The molecule has 0 heterocycles. The first kappa shape index (κ1) is 10.2. The standard InChI is InChI=1S/C12H12N2O2/c13-8-5-6-10(16)11(12(8)14)7-3-1-2-4-9(7)15/h1-6,15-16H,13-14H2. The van der Waals surface area contributed by atoms with E-state index < -0.39 is 0 Å². The molecule has 0 amide bonds. The molecule has 0 aromatic heterocycles. The summed E-state index contributed by atoms with van der Waals surface area (Å²) < 4.78 is 0. The number of hydrogen-bond acceptors (Lipinski definition) is 4. The molecule has 0 aliphatic carbocycles. The fraction of sp³-hybridized carbons (Fsp3) is 0. The van der Waals surface area contributed by atoms with Crippen molar-refractivity contribution in [2.24, 2.45) is 0 Å². The molecule has 0 atom stereocenters. The van der Waals surface area contributed by atoms with Crippen LogP contribution in [0, 0.1) is 0 Å². The second kappa shape index (κ2) is 3.66. The molecule has 2 aromatic carbocycles. The van der Waals surface area contributed by atoms with E-state index in [1.54, 1.807) is 18.2 Å². The Morgan fingerprint density at radius 3 is 2.19 bits per heavy atom. The van der Waals surface area contributed by atoms with Crippen molar-refractivity contribution in [1.29, 1.82) is 0 Å². The van der Waals surface area contributed by atoms with Gasteiger partial charge in [0.1, 0.15) is 11.5 Å². The molecule has 4 nitrogen and oxygen atoms in total. The Hall–Kier alpha value is -2.36. The summed E-state index contributed by atoms with van der Waals surface area (Å²) >= 11 is 0. The summed E-state index contributed by atoms with van der Waals surface area (Å²) in [5, 5.41) is 19.4. The van der Waals surface area contributed by atoms with Gasteiger partial charge < -0.3 is 21.7 Å². The number of phenolic OH excluding ortho intramolecular Hbond substituents is 2.